The van der Waals surface area contributed by atoms with Crippen LogP contribution in [0.15, 0.2) is 30.0 Å². The van der Waals surface area contributed by atoms with Gasteiger partial charge in [0, 0.05) is 42.8 Å². The van der Waals surface area contributed by atoms with Gasteiger partial charge in [0.15, 0.2) is 0 Å². The first-order valence-electron chi connectivity index (χ1n) is 10.8. The summed E-state index contributed by atoms with van der Waals surface area (Å²) in [6, 6.07) is 6.24. The maximum Gasteiger partial charge on any atom is 0.305 e. The average Bonchev–Trinajstić information content (AvgIpc) is 2.69. The second-order valence-corrected chi connectivity index (χ2v) is 9.45. The quantitative estimate of drug-likeness (QED) is 0.669. The molecule has 1 N–H and O–H groups in total. The second-order valence-electron chi connectivity index (χ2n) is 9.04. The number of carbonyl (C=O) groups excluding carboxylic acids is 1. The molecule has 30 heavy (non-hydrogen) atoms. The van der Waals surface area contributed by atoms with Crippen molar-refractivity contribution in [1.82, 2.24) is 4.90 Å². The summed E-state index contributed by atoms with van der Waals surface area (Å²) < 4.78 is 5.45. The highest BCUT2D eigenvalue weighted by Crippen LogP contribution is 2.43. The van der Waals surface area contributed by atoms with Crippen LogP contribution in [0.5, 0.6) is 0 Å². The fourth-order valence-electron chi connectivity index (χ4n) is 4.67. The van der Waals surface area contributed by atoms with Crippen LogP contribution >= 0.6 is 11.6 Å². The number of allylic oxidation sites excluding steroid dienone is 1. The molecule has 2 aliphatic rings. The van der Waals surface area contributed by atoms with Gasteiger partial charge in [-0.1, -0.05) is 44.5 Å². The van der Waals surface area contributed by atoms with Crippen molar-refractivity contribution in [3.63, 3.8) is 0 Å². The van der Waals surface area contributed by atoms with Crippen LogP contribution in [0.3, 0.4) is 0 Å². The molecule has 1 fully saturated rings. The van der Waals surface area contributed by atoms with Crippen molar-refractivity contribution in [1.29, 1.82) is 0 Å². The Morgan fingerprint density at radius 2 is 2.03 bits per heavy atom. The van der Waals surface area contributed by atoms with Gasteiger partial charge in [0.1, 0.15) is 0 Å². The number of amides is 1. The zero-order valence-corrected chi connectivity index (χ0v) is 18.9. The largest absolute Gasteiger partial charge is 0.481 e. The standard InChI is InChI=1S/C24H32ClNO4/c1-16(2)20-15-26(9-6-23(28)29)22(27)14-24(20,3)19-5-4-18(21(25)13-19)12-17-7-10-30-11-8-17/h4-5,13,15-17H,6-12,14H2,1-3H3,(H,28,29)/t24-/m0/s1. The van der Waals surface area contributed by atoms with E-state index >= 15 is 0 Å². The van der Waals surface area contributed by atoms with Gasteiger partial charge in [-0.25, -0.2) is 0 Å². The number of nitrogens with zero attached hydrogens (tertiary/aromatic N) is 1. The first-order chi connectivity index (χ1) is 14.2. The molecule has 6 heteroatoms. The van der Waals surface area contributed by atoms with E-state index in [1.165, 1.54) is 0 Å². The number of ether oxygens (including phenoxy) is 1. The van der Waals surface area contributed by atoms with Crippen molar-refractivity contribution in [3.05, 3.63) is 46.1 Å². The highest BCUT2D eigenvalue weighted by molar-refractivity contribution is 6.31. The van der Waals surface area contributed by atoms with Gasteiger partial charge in [-0.2, -0.15) is 0 Å². The molecule has 3 rings (SSSR count). The maximum absolute atomic E-state index is 12.8. The van der Waals surface area contributed by atoms with Crippen molar-refractivity contribution in [2.75, 3.05) is 19.8 Å². The van der Waals surface area contributed by atoms with Crippen LogP contribution in [0, 0.1) is 11.8 Å². The molecule has 164 valence electrons. The first-order valence-corrected chi connectivity index (χ1v) is 11.2. The van der Waals surface area contributed by atoms with Crippen LogP contribution in [-0.2, 0) is 26.2 Å². The van der Waals surface area contributed by atoms with Gasteiger partial charge in [0.05, 0.1) is 6.42 Å². The van der Waals surface area contributed by atoms with E-state index in [4.69, 9.17) is 21.4 Å². The number of carboxylic acid groups (broad SMARTS) is 1. The molecule has 1 aromatic carbocycles. The minimum atomic E-state index is -0.900. The van der Waals surface area contributed by atoms with Crippen LogP contribution in [0.1, 0.15) is 57.6 Å². The number of carbonyl (C=O) groups is 2. The highest BCUT2D eigenvalue weighted by atomic mass is 35.5. The molecular formula is C24H32ClNO4. The van der Waals surface area contributed by atoms with E-state index in [2.05, 4.69) is 32.9 Å². The smallest absolute Gasteiger partial charge is 0.305 e. The summed E-state index contributed by atoms with van der Waals surface area (Å²) in [5.74, 6) is -0.132. The summed E-state index contributed by atoms with van der Waals surface area (Å²) in [6.45, 7) is 8.15. The van der Waals surface area contributed by atoms with Crippen LogP contribution in [0.2, 0.25) is 5.02 Å². The van der Waals surface area contributed by atoms with Gasteiger partial charge >= 0.3 is 5.97 Å². The van der Waals surface area contributed by atoms with Crippen LogP contribution in [0.25, 0.3) is 0 Å². The number of benzene rings is 1. The van der Waals surface area contributed by atoms with Crippen molar-refractivity contribution in [3.8, 4) is 0 Å². The molecule has 1 saturated heterocycles. The van der Waals surface area contributed by atoms with Crippen molar-refractivity contribution >= 4 is 23.5 Å². The Balaban J connectivity index is 1.86. The molecular weight excluding hydrogens is 402 g/mol. The molecule has 1 amide bonds. The molecule has 0 unspecified atom stereocenters. The summed E-state index contributed by atoms with van der Waals surface area (Å²) in [5.41, 5.74) is 2.86. The molecule has 5 nitrogen and oxygen atoms in total. The Morgan fingerprint density at radius 1 is 1.33 bits per heavy atom. The molecule has 0 aromatic heterocycles. The topological polar surface area (TPSA) is 66.8 Å². The van der Waals surface area contributed by atoms with E-state index < -0.39 is 11.4 Å². The molecule has 0 saturated carbocycles. The van der Waals surface area contributed by atoms with Gasteiger partial charge in [-0.05, 0) is 53.9 Å². The number of hydrogen-bond acceptors (Lipinski definition) is 3. The summed E-state index contributed by atoms with van der Waals surface area (Å²) >= 11 is 6.70. The van der Waals surface area contributed by atoms with E-state index in [1.54, 1.807) is 4.90 Å². The number of carboxylic acids is 1. The zero-order chi connectivity index (χ0) is 21.9. The van der Waals surface area contributed by atoms with Gasteiger partial charge in [0.2, 0.25) is 5.91 Å². The number of aliphatic carboxylic acids is 1. The van der Waals surface area contributed by atoms with Gasteiger partial charge in [-0.3, -0.25) is 9.59 Å². The fraction of sp³-hybridized carbons (Fsp3) is 0.583. The molecule has 0 bridgehead atoms. The Bertz CT molecular complexity index is 828. The summed E-state index contributed by atoms with van der Waals surface area (Å²) in [6.07, 6.45) is 5.20. The molecule has 0 aliphatic carbocycles. The lowest BCUT2D eigenvalue weighted by Gasteiger charge is -2.41. The summed E-state index contributed by atoms with van der Waals surface area (Å²) in [4.78, 5) is 25.3. The fourth-order valence-corrected chi connectivity index (χ4v) is 4.92. The molecule has 2 heterocycles. The number of halogens is 1. The van der Waals surface area contributed by atoms with E-state index in [9.17, 15) is 9.59 Å². The molecule has 0 spiro atoms. The predicted octanol–water partition coefficient (Wildman–Crippen LogP) is 4.81. The number of rotatable bonds is 7. The lowest BCUT2D eigenvalue weighted by atomic mass is 9.68. The molecule has 2 aliphatic heterocycles. The van der Waals surface area contributed by atoms with Crippen LogP contribution in [0.4, 0.5) is 0 Å². The first kappa shape index (κ1) is 22.8. The Hall–Kier alpha value is -1.85. The Morgan fingerprint density at radius 3 is 2.63 bits per heavy atom. The third-order valence-corrected chi connectivity index (χ3v) is 6.84. The van der Waals surface area contributed by atoms with Crippen molar-refractivity contribution < 1.29 is 19.4 Å². The predicted molar refractivity (Wildman–Crippen MR) is 118 cm³/mol. The maximum atomic E-state index is 12.8. The third kappa shape index (κ3) is 5.06. The summed E-state index contributed by atoms with van der Waals surface area (Å²) in [7, 11) is 0. The van der Waals surface area contributed by atoms with E-state index in [0.717, 1.165) is 54.2 Å². The third-order valence-electron chi connectivity index (χ3n) is 6.49. The minimum Gasteiger partial charge on any atom is -0.481 e. The van der Waals surface area contributed by atoms with Gasteiger partial charge < -0.3 is 14.7 Å². The lowest BCUT2D eigenvalue weighted by Crippen LogP contribution is -2.42. The van der Waals surface area contributed by atoms with E-state index in [1.807, 2.05) is 12.3 Å². The monoisotopic (exact) mass is 433 g/mol. The molecule has 1 atom stereocenters. The van der Waals surface area contributed by atoms with Crippen molar-refractivity contribution in [2.24, 2.45) is 11.8 Å². The van der Waals surface area contributed by atoms with Gasteiger partial charge in [-0.15, -0.1) is 0 Å². The second kappa shape index (κ2) is 9.52. The number of hydrogen-bond donors (Lipinski definition) is 1. The average molecular weight is 434 g/mol. The van der Waals surface area contributed by atoms with Crippen LogP contribution < -0.4 is 0 Å². The van der Waals surface area contributed by atoms with E-state index in [-0.39, 0.29) is 24.8 Å². The lowest BCUT2D eigenvalue weighted by molar-refractivity contribution is -0.138. The zero-order valence-electron chi connectivity index (χ0n) is 18.1. The normalized spacial score (nSPS) is 23.0. The summed E-state index contributed by atoms with van der Waals surface area (Å²) in [5, 5.41) is 9.73. The van der Waals surface area contributed by atoms with E-state index in [0.29, 0.717) is 12.3 Å². The highest BCUT2D eigenvalue weighted by Gasteiger charge is 2.40. The van der Waals surface area contributed by atoms with Gasteiger partial charge in [0.25, 0.3) is 0 Å². The Labute approximate surface area is 184 Å². The Kier molecular flexibility index (Phi) is 7.25. The molecule has 0 radical (unpaired) electrons. The minimum absolute atomic E-state index is 0.0504. The van der Waals surface area contributed by atoms with Crippen molar-refractivity contribution in [2.45, 2.75) is 58.3 Å². The SMILES string of the molecule is CC(C)C1=CN(CCC(=O)O)C(=O)C[C@@]1(C)c1ccc(CC2CCOCC2)c(Cl)c1. The van der Waals surface area contributed by atoms with Crippen LogP contribution in [-0.4, -0.2) is 41.6 Å². The molecule has 1 aromatic rings.